The van der Waals surface area contributed by atoms with Gasteiger partial charge in [0.2, 0.25) is 0 Å². The molecular formula is C11H17N3O3S2. The van der Waals surface area contributed by atoms with Crippen molar-refractivity contribution < 1.29 is 13.2 Å². The summed E-state index contributed by atoms with van der Waals surface area (Å²) in [5, 5.41) is 1.79. The van der Waals surface area contributed by atoms with Crippen LogP contribution in [-0.2, 0) is 10.2 Å². The lowest BCUT2D eigenvalue weighted by Gasteiger charge is -2.29. The van der Waals surface area contributed by atoms with E-state index in [2.05, 4.69) is 16.6 Å². The van der Waals surface area contributed by atoms with Crippen LogP contribution in [0.1, 0.15) is 37.2 Å². The molecule has 0 atom stereocenters. The topological polar surface area (TPSA) is 79.4 Å². The zero-order valence-corrected chi connectivity index (χ0v) is 12.6. The van der Waals surface area contributed by atoms with Crippen molar-refractivity contribution in [3.63, 3.8) is 0 Å². The predicted molar refractivity (Wildman–Crippen MR) is 74.6 cm³/mol. The maximum atomic E-state index is 12.1. The first kappa shape index (κ1) is 14.4. The van der Waals surface area contributed by atoms with Gasteiger partial charge in [-0.15, -0.1) is 11.3 Å². The van der Waals surface area contributed by atoms with Gasteiger partial charge in [0, 0.05) is 25.4 Å². The fourth-order valence-corrected chi connectivity index (χ4v) is 4.07. The van der Waals surface area contributed by atoms with Gasteiger partial charge < -0.3 is 0 Å². The Hall–Kier alpha value is -0.990. The highest BCUT2D eigenvalue weighted by Crippen LogP contribution is 2.22. The molecule has 0 unspecified atom stereocenters. The summed E-state index contributed by atoms with van der Waals surface area (Å²) in [6.45, 7) is 4.58. The Morgan fingerprint density at radius 2 is 2.11 bits per heavy atom. The van der Waals surface area contributed by atoms with Crippen molar-refractivity contribution in [2.75, 3.05) is 17.8 Å². The monoisotopic (exact) mass is 303 g/mol. The summed E-state index contributed by atoms with van der Waals surface area (Å²) in [5.41, 5.74) is 0.287. The van der Waals surface area contributed by atoms with E-state index in [1.165, 1.54) is 11.2 Å². The van der Waals surface area contributed by atoms with Crippen LogP contribution in [-0.4, -0.2) is 36.6 Å². The third-order valence-electron chi connectivity index (χ3n) is 3.16. The number of rotatable bonds is 4. The van der Waals surface area contributed by atoms with Crippen molar-refractivity contribution in [3.05, 3.63) is 11.1 Å². The Bertz CT molecular complexity index is 559. The molecule has 0 spiro atoms. The Kier molecular flexibility index (Phi) is 4.22. The molecule has 1 aromatic heterocycles. The lowest BCUT2D eigenvalue weighted by atomic mass is 10.0. The van der Waals surface area contributed by atoms with E-state index in [1.807, 2.05) is 0 Å². The number of piperidine rings is 1. The number of hydrogen-bond donors (Lipinski definition) is 1. The van der Waals surface area contributed by atoms with Gasteiger partial charge >= 0.3 is 10.2 Å². The van der Waals surface area contributed by atoms with Gasteiger partial charge in [0.15, 0.2) is 10.9 Å². The van der Waals surface area contributed by atoms with Crippen molar-refractivity contribution >= 4 is 32.5 Å². The number of Topliss-reactive ketones (excluding diaryl/α,β-unsaturated/α-hetero) is 1. The molecule has 0 aromatic carbocycles. The molecule has 1 aliphatic rings. The van der Waals surface area contributed by atoms with Crippen LogP contribution in [0.4, 0.5) is 5.13 Å². The number of aromatic nitrogens is 1. The van der Waals surface area contributed by atoms with Crippen molar-refractivity contribution in [2.24, 2.45) is 5.92 Å². The number of nitrogens with one attached hydrogen (secondary N) is 1. The minimum atomic E-state index is -3.55. The normalized spacial score (nSPS) is 18.4. The number of carbonyl (C=O) groups is 1. The Labute approximate surface area is 117 Å². The number of ketones is 1. The maximum Gasteiger partial charge on any atom is 0.303 e. The Morgan fingerprint density at radius 1 is 1.47 bits per heavy atom. The fraction of sp³-hybridized carbons (Fsp3) is 0.636. The highest BCUT2D eigenvalue weighted by molar-refractivity contribution is 7.90. The molecule has 0 saturated carbocycles. The van der Waals surface area contributed by atoms with Gasteiger partial charge in [-0.2, -0.15) is 12.7 Å². The van der Waals surface area contributed by atoms with E-state index in [0.29, 0.717) is 19.0 Å². The fourth-order valence-electron chi connectivity index (χ4n) is 1.88. The first-order chi connectivity index (χ1) is 8.88. The molecule has 0 bridgehead atoms. The summed E-state index contributed by atoms with van der Waals surface area (Å²) in [6.07, 6.45) is 1.74. The second-order valence-corrected chi connectivity index (χ2v) is 7.31. The molecule has 1 aromatic rings. The Balaban J connectivity index is 2.06. The minimum absolute atomic E-state index is 0.173. The molecule has 8 heteroatoms. The van der Waals surface area contributed by atoms with Gasteiger partial charge in [-0.25, -0.2) is 9.71 Å². The molecule has 106 valence electrons. The molecule has 0 aliphatic carbocycles. The maximum absolute atomic E-state index is 12.1. The van der Waals surface area contributed by atoms with E-state index in [0.717, 1.165) is 24.2 Å². The lowest BCUT2D eigenvalue weighted by molar-refractivity contribution is 0.101. The third-order valence-corrected chi connectivity index (χ3v) is 5.55. The van der Waals surface area contributed by atoms with Gasteiger partial charge in [-0.3, -0.25) is 4.79 Å². The summed E-state index contributed by atoms with van der Waals surface area (Å²) < 4.78 is 28.1. The first-order valence-electron chi connectivity index (χ1n) is 6.13. The van der Waals surface area contributed by atoms with Gasteiger partial charge in [0.05, 0.1) is 0 Å². The van der Waals surface area contributed by atoms with Crippen LogP contribution in [0.3, 0.4) is 0 Å². The number of carbonyl (C=O) groups excluding carboxylic acids is 1. The summed E-state index contributed by atoms with van der Waals surface area (Å²) >= 11 is 1.12. The summed E-state index contributed by atoms with van der Waals surface area (Å²) in [6, 6.07) is 0. The van der Waals surface area contributed by atoms with Gasteiger partial charge in [-0.1, -0.05) is 6.92 Å². The molecule has 0 radical (unpaired) electrons. The molecule has 1 aliphatic heterocycles. The average Bonchev–Trinajstić information content (AvgIpc) is 2.77. The lowest BCUT2D eigenvalue weighted by Crippen LogP contribution is -2.41. The van der Waals surface area contributed by atoms with Crippen molar-refractivity contribution in [1.82, 2.24) is 9.29 Å². The zero-order valence-electron chi connectivity index (χ0n) is 10.9. The van der Waals surface area contributed by atoms with E-state index in [9.17, 15) is 13.2 Å². The smallest absolute Gasteiger partial charge is 0.293 e. The van der Waals surface area contributed by atoms with Crippen LogP contribution >= 0.6 is 11.3 Å². The third kappa shape index (κ3) is 3.52. The number of hydrogen-bond acceptors (Lipinski definition) is 5. The highest BCUT2D eigenvalue weighted by atomic mass is 32.2. The van der Waals surface area contributed by atoms with Crippen LogP contribution in [0.15, 0.2) is 5.38 Å². The minimum Gasteiger partial charge on any atom is -0.293 e. The van der Waals surface area contributed by atoms with Crippen LogP contribution in [0.2, 0.25) is 0 Å². The highest BCUT2D eigenvalue weighted by Gasteiger charge is 2.27. The van der Waals surface area contributed by atoms with E-state index < -0.39 is 10.2 Å². The summed E-state index contributed by atoms with van der Waals surface area (Å²) in [5.74, 6) is 0.393. The number of anilines is 1. The van der Waals surface area contributed by atoms with Gasteiger partial charge in [0.25, 0.3) is 0 Å². The molecule has 1 N–H and O–H groups in total. The molecule has 1 saturated heterocycles. The van der Waals surface area contributed by atoms with Crippen LogP contribution in [0.25, 0.3) is 0 Å². The standard InChI is InChI=1S/C11H17N3O3S2/c1-8-3-5-14(6-4-8)19(16,17)13-11-12-10(7-18-11)9(2)15/h7-8H,3-6H2,1-2H3,(H,12,13). The molecule has 6 nitrogen and oxygen atoms in total. The summed E-state index contributed by atoms with van der Waals surface area (Å²) in [7, 11) is -3.55. The second kappa shape index (κ2) is 5.56. The van der Waals surface area contributed by atoms with Gasteiger partial charge in [-0.05, 0) is 18.8 Å². The summed E-state index contributed by atoms with van der Waals surface area (Å²) in [4.78, 5) is 15.1. The van der Waals surface area contributed by atoms with Crippen LogP contribution < -0.4 is 4.72 Å². The number of nitrogens with zero attached hydrogens (tertiary/aromatic N) is 2. The predicted octanol–water partition coefficient (Wildman–Crippen LogP) is 1.73. The van der Waals surface area contributed by atoms with Crippen molar-refractivity contribution in [3.8, 4) is 0 Å². The molecule has 1 fully saturated rings. The van der Waals surface area contributed by atoms with E-state index >= 15 is 0 Å². The zero-order chi connectivity index (χ0) is 14.0. The molecular weight excluding hydrogens is 286 g/mol. The van der Waals surface area contributed by atoms with E-state index in [-0.39, 0.29) is 16.6 Å². The van der Waals surface area contributed by atoms with E-state index in [4.69, 9.17) is 0 Å². The van der Waals surface area contributed by atoms with E-state index in [1.54, 1.807) is 5.38 Å². The SMILES string of the molecule is CC(=O)c1csc(NS(=O)(=O)N2CCC(C)CC2)n1. The molecule has 0 amide bonds. The molecule has 2 heterocycles. The van der Waals surface area contributed by atoms with Crippen LogP contribution in [0, 0.1) is 5.92 Å². The average molecular weight is 303 g/mol. The number of thiazole rings is 1. The Morgan fingerprint density at radius 3 is 2.63 bits per heavy atom. The molecule has 19 heavy (non-hydrogen) atoms. The largest absolute Gasteiger partial charge is 0.303 e. The first-order valence-corrected chi connectivity index (χ1v) is 8.45. The molecule has 2 rings (SSSR count). The van der Waals surface area contributed by atoms with Crippen LogP contribution in [0.5, 0.6) is 0 Å². The quantitative estimate of drug-likeness (QED) is 0.859. The van der Waals surface area contributed by atoms with Crippen molar-refractivity contribution in [1.29, 1.82) is 0 Å². The van der Waals surface area contributed by atoms with Gasteiger partial charge in [0.1, 0.15) is 5.69 Å². The van der Waals surface area contributed by atoms with Crippen molar-refractivity contribution in [2.45, 2.75) is 26.7 Å². The second-order valence-electron chi connectivity index (χ2n) is 4.78.